The number of carbonyl (C=O) groups is 1. The highest BCUT2D eigenvalue weighted by Gasteiger charge is 2.21. The molecule has 3 nitrogen and oxygen atoms in total. The van der Waals surface area contributed by atoms with Crippen LogP contribution in [0.4, 0.5) is 0 Å². The van der Waals surface area contributed by atoms with E-state index in [1.807, 2.05) is 11.8 Å². The predicted octanol–water partition coefficient (Wildman–Crippen LogP) is 1.30. The van der Waals surface area contributed by atoms with E-state index in [1.54, 1.807) is 11.8 Å². The maximum absolute atomic E-state index is 11.5. The minimum Gasteiger partial charge on any atom is -0.355 e. The molecular formula is C10H20N2OS2. The minimum absolute atomic E-state index is 0.0428. The van der Waals surface area contributed by atoms with Gasteiger partial charge in [0, 0.05) is 18.2 Å². The number of amides is 1. The van der Waals surface area contributed by atoms with Crippen LogP contribution in [0.5, 0.6) is 0 Å². The third-order valence-corrected chi connectivity index (χ3v) is 3.99. The monoisotopic (exact) mass is 248 g/mol. The summed E-state index contributed by atoms with van der Waals surface area (Å²) in [6.07, 6.45) is 5.71. The predicted molar refractivity (Wildman–Crippen MR) is 69.5 cm³/mol. The second-order valence-corrected chi connectivity index (χ2v) is 5.63. The molecule has 88 valence electrons. The highest BCUT2D eigenvalue weighted by molar-refractivity contribution is 7.99. The molecule has 1 heterocycles. The van der Waals surface area contributed by atoms with Gasteiger partial charge in [-0.25, -0.2) is 0 Å². The van der Waals surface area contributed by atoms with Crippen molar-refractivity contribution in [1.82, 2.24) is 10.6 Å². The standard InChI is InChI=1S/C10H20N2OS2/c1-14-6-4-2-3-5-11-10(13)9-7-15-8-12-9/h9,12H,2-8H2,1H3,(H,11,13). The Kier molecular flexibility index (Phi) is 7.30. The summed E-state index contributed by atoms with van der Waals surface area (Å²) in [4.78, 5) is 11.5. The molecule has 2 N–H and O–H groups in total. The normalized spacial score (nSPS) is 20.5. The van der Waals surface area contributed by atoms with Crippen molar-refractivity contribution in [3.05, 3.63) is 0 Å². The van der Waals surface area contributed by atoms with Crippen LogP contribution in [0, 0.1) is 0 Å². The quantitative estimate of drug-likeness (QED) is 0.666. The van der Waals surface area contributed by atoms with Gasteiger partial charge < -0.3 is 5.32 Å². The first-order valence-corrected chi connectivity index (χ1v) is 7.97. The van der Waals surface area contributed by atoms with Crippen molar-refractivity contribution in [2.45, 2.75) is 25.3 Å². The zero-order chi connectivity index (χ0) is 10.9. The molecule has 15 heavy (non-hydrogen) atoms. The number of rotatable bonds is 7. The molecule has 0 aliphatic carbocycles. The molecule has 5 heteroatoms. The molecule has 0 spiro atoms. The Morgan fingerprint density at radius 2 is 2.40 bits per heavy atom. The van der Waals surface area contributed by atoms with Gasteiger partial charge in [0.25, 0.3) is 0 Å². The van der Waals surface area contributed by atoms with E-state index in [1.165, 1.54) is 18.6 Å². The van der Waals surface area contributed by atoms with E-state index < -0.39 is 0 Å². The maximum Gasteiger partial charge on any atom is 0.238 e. The molecule has 0 aromatic heterocycles. The van der Waals surface area contributed by atoms with E-state index in [2.05, 4.69) is 16.9 Å². The Bertz CT molecular complexity index is 184. The Morgan fingerprint density at radius 1 is 1.53 bits per heavy atom. The lowest BCUT2D eigenvalue weighted by Crippen LogP contribution is -2.42. The third-order valence-electron chi connectivity index (χ3n) is 2.36. The molecule has 1 saturated heterocycles. The van der Waals surface area contributed by atoms with Crippen LogP contribution in [0.3, 0.4) is 0 Å². The Morgan fingerprint density at radius 3 is 3.07 bits per heavy atom. The van der Waals surface area contributed by atoms with Crippen LogP contribution in [-0.2, 0) is 4.79 Å². The van der Waals surface area contributed by atoms with Crippen LogP contribution in [0.25, 0.3) is 0 Å². The first-order chi connectivity index (χ1) is 7.34. The number of hydrogen-bond acceptors (Lipinski definition) is 4. The summed E-state index contributed by atoms with van der Waals surface area (Å²) in [7, 11) is 0. The molecule has 1 fully saturated rings. The summed E-state index contributed by atoms with van der Waals surface area (Å²) >= 11 is 3.67. The highest BCUT2D eigenvalue weighted by Crippen LogP contribution is 2.09. The summed E-state index contributed by atoms with van der Waals surface area (Å²) in [5.41, 5.74) is 0. The van der Waals surface area contributed by atoms with Gasteiger partial charge in [-0.3, -0.25) is 10.1 Å². The Balaban J connectivity index is 1.92. The van der Waals surface area contributed by atoms with Gasteiger partial charge in [0.1, 0.15) is 0 Å². The number of carbonyl (C=O) groups excluding carboxylic acids is 1. The van der Waals surface area contributed by atoms with Crippen LogP contribution in [0.15, 0.2) is 0 Å². The molecule has 1 aliphatic heterocycles. The number of unbranched alkanes of at least 4 members (excludes halogenated alkanes) is 2. The maximum atomic E-state index is 11.5. The molecule has 0 bridgehead atoms. The zero-order valence-corrected chi connectivity index (χ0v) is 10.9. The van der Waals surface area contributed by atoms with Gasteiger partial charge in [-0.1, -0.05) is 6.42 Å². The van der Waals surface area contributed by atoms with Gasteiger partial charge in [0.05, 0.1) is 6.04 Å². The van der Waals surface area contributed by atoms with Crippen molar-refractivity contribution in [3.8, 4) is 0 Å². The van der Waals surface area contributed by atoms with Crippen LogP contribution >= 0.6 is 23.5 Å². The first-order valence-electron chi connectivity index (χ1n) is 5.42. The number of thioether (sulfide) groups is 2. The van der Waals surface area contributed by atoms with Gasteiger partial charge in [0.2, 0.25) is 5.91 Å². The van der Waals surface area contributed by atoms with E-state index >= 15 is 0 Å². The Hall–Kier alpha value is 0.130. The fourth-order valence-corrected chi connectivity index (χ4v) is 2.88. The van der Waals surface area contributed by atoms with Gasteiger partial charge in [-0.15, -0.1) is 11.8 Å². The van der Waals surface area contributed by atoms with Gasteiger partial charge in [0.15, 0.2) is 0 Å². The van der Waals surface area contributed by atoms with Gasteiger partial charge in [-0.2, -0.15) is 11.8 Å². The second-order valence-electron chi connectivity index (χ2n) is 3.62. The fourth-order valence-electron chi connectivity index (χ4n) is 1.45. The molecule has 1 rings (SSSR count). The zero-order valence-electron chi connectivity index (χ0n) is 9.25. The molecule has 1 unspecified atom stereocenters. The van der Waals surface area contributed by atoms with E-state index in [0.717, 1.165) is 24.6 Å². The highest BCUT2D eigenvalue weighted by atomic mass is 32.2. The van der Waals surface area contributed by atoms with E-state index in [-0.39, 0.29) is 11.9 Å². The van der Waals surface area contributed by atoms with Crippen molar-refractivity contribution in [2.75, 3.05) is 30.2 Å². The number of nitrogens with one attached hydrogen (secondary N) is 2. The Labute approximate surface area is 101 Å². The summed E-state index contributed by atoms with van der Waals surface area (Å²) in [5.74, 6) is 3.23. The molecule has 0 aromatic carbocycles. The molecule has 0 radical (unpaired) electrons. The van der Waals surface area contributed by atoms with Crippen LogP contribution in [0.2, 0.25) is 0 Å². The lowest BCUT2D eigenvalue weighted by Gasteiger charge is -2.09. The molecule has 1 amide bonds. The number of hydrogen-bond donors (Lipinski definition) is 2. The topological polar surface area (TPSA) is 41.1 Å². The summed E-state index contributed by atoms with van der Waals surface area (Å²) < 4.78 is 0. The lowest BCUT2D eigenvalue weighted by atomic mass is 10.2. The van der Waals surface area contributed by atoms with Crippen LogP contribution in [-0.4, -0.2) is 42.1 Å². The smallest absolute Gasteiger partial charge is 0.238 e. The average Bonchev–Trinajstić information content (AvgIpc) is 2.76. The minimum atomic E-state index is 0.0428. The largest absolute Gasteiger partial charge is 0.355 e. The van der Waals surface area contributed by atoms with Gasteiger partial charge in [-0.05, 0) is 24.9 Å². The molecule has 1 aliphatic rings. The van der Waals surface area contributed by atoms with Crippen molar-refractivity contribution in [1.29, 1.82) is 0 Å². The molecular weight excluding hydrogens is 228 g/mol. The van der Waals surface area contributed by atoms with Crippen molar-refractivity contribution >= 4 is 29.4 Å². The lowest BCUT2D eigenvalue weighted by molar-refractivity contribution is -0.122. The summed E-state index contributed by atoms with van der Waals surface area (Å²) in [6, 6.07) is 0.0428. The van der Waals surface area contributed by atoms with Crippen LogP contribution in [0.1, 0.15) is 19.3 Å². The summed E-state index contributed by atoms with van der Waals surface area (Å²) in [6.45, 7) is 0.829. The fraction of sp³-hybridized carbons (Fsp3) is 0.900. The van der Waals surface area contributed by atoms with Gasteiger partial charge >= 0.3 is 0 Å². The average molecular weight is 248 g/mol. The first kappa shape index (κ1) is 13.2. The van der Waals surface area contributed by atoms with Crippen molar-refractivity contribution < 1.29 is 4.79 Å². The van der Waals surface area contributed by atoms with Crippen molar-refractivity contribution in [2.24, 2.45) is 0 Å². The van der Waals surface area contributed by atoms with E-state index in [9.17, 15) is 4.79 Å². The molecule has 0 saturated carbocycles. The molecule has 1 atom stereocenters. The van der Waals surface area contributed by atoms with E-state index in [0.29, 0.717) is 0 Å². The third kappa shape index (κ3) is 5.68. The van der Waals surface area contributed by atoms with Crippen LogP contribution < -0.4 is 10.6 Å². The SMILES string of the molecule is CSCCCCCNC(=O)C1CSCN1. The van der Waals surface area contributed by atoms with E-state index in [4.69, 9.17) is 0 Å². The second kappa shape index (κ2) is 8.30. The summed E-state index contributed by atoms with van der Waals surface area (Å²) in [5, 5.41) is 6.15. The van der Waals surface area contributed by atoms with Crippen molar-refractivity contribution in [3.63, 3.8) is 0 Å². The molecule has 0 aromatic rings.